The van der Waals surface area contributed by atoms with Gasteiger partial charge in [-0.15, -0.1) is 11.3 Å². The van der Waals surface area contributed by atoms with Gasteiger partial charge in [-0.2, -0.15) is 0 Å². The molecule has 2 aromatic rings. The highest BCUT2D eigenvalue weighted by molar-refractivity contribution is 7.21. The number of hydrogen-bond donors (Lipinski definition) is 1. The van der Waals surface area contributed by atoms with Crippen molar-refractivity contribution in [3.8, 4) is 5.75 Å². The summed E-state index contributed by atoms with van der Waals surface area (Å²) in [6.07, 6.45) is 0. The third-order valence-electron chi connectivity index (χ3n) is 2.34. The normalized spacial score (nSPS) is 10.5. The molecule has 0 atom stereocenters. The van der Waals surface area contributed by atoms with Crippen molar-refractivity contribution in [1.29, 1.82) is 0 Å². The zero-order valence-corrected chi connectivity index (χ0v) is 9.22. The van der Waals surface area contributed by atoms with Crippen LogP contribution in [0.5, 0.6) is 5.75 Å². The topological polar surface area (TPSA) is 46.5 Å². The number of aromatic carboxylic acids is 1. The molecule has 0 aliphatic carbocycles. The number of hydrogen-bond acceptors (Lipinski definition) is 3. The standard InChI is InChI=1S/C11H10O3S/c1-6-8-4-3-7(14-2)5-9(8)15-10(6)11(12)13/h3-5H,1-2H3,(H,12,13). The van der Waals surface area contributed by atoms with E-state index in [1.54, 1.807) is 7.11 Å². The number of benzene rings is 1. The third kappa shape index (κ3) is 1.57. The molecule has 0 saturated heterocycles. The van der Waals surface area contributed by atoms with Crippen molar-refractivity contribution in [2.45, 2.75) is 6.92 Å². The molecular formula is C11H10O3S. The molecular weight excluding hydrogens is 212 g/mol. The fourth-order valence-electron chi connectivity index (χ4n) is 1.54. The van der Waals surface area contributed by atoms with E-state index < -0.39 is 5.97 Å². The first-order chi connectivity index (χ1) is 7.13. The summed E-state index contributed by atoms with van der Waals surface area (Å²) in [4.78, 5) is 11.3. The quantitative estimate of drug-likeness (QED) is 0.849. The minimum Gasteiger partial charge on any atom is -0.497 e. The van der Waals surface area contributed by atoms with Crippen molar-refractivity contribution in [1.82, 2.24) is 0 Å². The summed E-state index contributed by atoms with van der Waals surface area (Å²) in [5.74, 6) is -0.117. The Labute approximate surface area is 90.9 Å². The number of thiophene rings is 1. The van der Waals surface area contributed by atoms with Crippen molar-refractivity contribution in [3.05, 3.63) is 28.6 Å². The molecule has 3 nitrogen and oxygen atoms in total. The molecule has 0 unspecified atom stereocenters. The van der Waals surface area contributed by atoms with Crippen LogP contribution in [0.2, 0.25) is 0 Å². The Kier molecular flexibility index (Phi) is 2.36. The average Bonchev–Trinajstić information content (AvgIpc) is 2.55. The van der Waals surface area contributed by atoms with Gasteiger partial charge in [0.1, 0.15) is 10.6 Å². The van der Waals surface area contributed by atoms with E-state index in [1.807, 2.05) is 25.1 Å². The van der Waals surface area contributed by atoms with E-state index in [9.17, 15) is 4.79 Å². The Bertz CT molecular complexity index is 528. The van der Waals surface area contributed by atoms with Gasteiger partial charge in [-0.3, -0.25) is 0 Å². The average molecular weight is 222 g/mol. The Hall–Kier alpha value is -1.55. The fraction of sp³-hybridized carbons (Fsp3) is 0.182. The molecule has 0 fully saturated rings. The van der Waals surface area contributed by atoms with Gasteiger partial charge in [-0.25, -0.2) is 4.79 Å². The Morgan fingerprint density at radius 2 is 2.20 bits per heavy atom. The molecule has 1 N–H and O–H groups in total. The van der Waals surface area contributed by atoms with E-state index in [-0.39, 0.29) is 0 Å². The van der Waals surface area contributed by atoms with Gasteiger partial charge >= 0.3 is 5.97 Å². The van der Waals surface area contributed by atoms with E-state index >= 15 is 0 Å². The van der Waals surface area contributed by atoms with Crippen molar-refractivity contribution < 1.29 is 14.6 Å². The molecule has 1 aromatic carbocycles. The number of carboxylic acid groups (broad SMARTS) is 1. The molecule has 15 heavy (non-hydrogen) atoms. The number of carbonyl (C=O) groups is 1. The smallest absolute Gasteiger partial charge is 0.346 e. The molecule has 0 radical (unpaired) electrons. The van der Waals surface area contributed by atoms with Crippen LogP contribution < -0.4 is 4.74 Å². The molecule has 4 heteroatoms. The van der Waals surface area contributed by atoms with Crippen LogP contribution in [0.4, 0.5) is 0 Å². The highest BCUT2D eigenvalue weighted by atomic mass is 32.1. The second-order valence-electron chi connectivity index (χ2n) is 3.22. The van der Waals surface area contributed by atoms with Crippen LogP contribution in [-0.4, -0.2) is 18.2 Å². The molecule has 0 saturated carbocycles. The summed E-state index contributed by atoms with van der Waals surface area (Å²) in [6, 6.07) is 5.60. The van der Waals surface area contributed by atoms with Crippen molar-refractivity contribution in [2.24, 2.45) is 0 Å². The predicted molar refractivity (Wildman–Crippen MR) is 60.1 cm³/mol. The minimum absolute atomic E-state index is 0.401. The van der Waals surface area contributed by atoms with Crippen LogP contribution in [0, 0.1) is 6.92 Å². The van der Waals surface area contributed by atoms with Gasteiger partial charge in [0, 0.05) is 4.70 Å². The van der Waals surface area contributed by atoms with Gasteiger partial charge in [0.15, 0.2) is 0 Å². The zero-order chi connectivity index (χ0) is 11.0. The minimum atomic E-state index is -0.868. The van der Waals surface area contributed by atoms with Crippen molar-refractivity contribution >= 4 is 27.4 Å². The molecule has 1 heterocycles. The second-order valence-corrected chi connectivity index (χ2v) is 4.28. The maximum Gasteiger partial charge on any atom is 0.346 e. The van der Waals surface area contributed by atoms with Crippen LogP contribution >= 0.6 is 11.3 Å². The summed E-state index contributed by atoms with van der Waals surface area (Å²) in [6.45, 7) is 1.83. The van der Waals surface area contributed by atoms with Gasteiger partial charge in [0.2, 0.25) is 0 Å². The predicted octanol–water partition coefficient (Wildman–Crippen LogP) is 2.92. The summed E-state index contributed by atoms with van der Waals surface area (Å²) in [5.41, 5.74) is 0.824. The number of fused-ring (bicyclic) bond motifs is 1. The van der Waals surface area contributed by atoms with Crippen LogP contribution in [0.15, 0.2) is 18.2 Å². The summed E-state index contributed by atoms with van der Waals surface area (Å²) < 4.78 is 6.04. The number of carboxylic acids is 1. The van der Waals surface area contributed by atoms with E-state index in [1.165, 1.54) is 11.3 Å². The maximum absolute atomic E-state index is 10.9. The third-order valence-corrected chi connectivity index (χ3v) is 3.58. The van der Waals surface area contributed by atoms with E-state index in [0.717, 1.165) is 21.4 Å². The molecule has 0 aliphatic rings. The lowest BCUT2D eigenvalue weighted by molar-refractivity contribution is 0.0701. The van der Waals surface area contributed by atoms with Crippen LogP contribution in [0.1, 0.15) is 15.2 Å². The van der Waals surface area contributed by atoms with Crippen LogP contribution in [0.3, 0.4) is 0 Å². The van der Waals surface area contributed by atoms with Crippen LogP contribution in [-0.2, 0) is 0 Å². The lowest BCUT2D eigenvalue weighted by Gasteiger charge is -1.98. The van der Waals surface area contributed by atoms with Gasteiger partial charge in [0.05, 0.1) is 7.11 Å². The molecule has 0 spiro atoms. The Morgan fingerprint density at radius 3 is 2.80 bits per heavy atom. The first-order valence-electron chi connectivity index (χ1n) is 4.44. The van der Waals surface area contributed by atoms with Crippen LogP contribution in [0.25, 0.3) is 10.1 Å². The lowest BCUT2D eigenvalue weighted by atomic mass is 10.1. The van der Waals surface area contributed by atoms with Gasteiger partial charge in [-0.1, -0.05) is 0 Å². The second kappa shape index (κ2) is 3.55. The summed E-state index contributed by atoms with van der Waals surface area (Å²) in [5, 5.41) is 9.96. The first kappa shape index (κ1) is 9.98. The van der Waals surface area contributed by atoms with E-state index in [4.69, 9.17) is 9.84 Å². The fourth-order valence-corrected chi connectivity index (χ4v) is 2.61. The zero-order valence-electron chi connectivity index (χ0n) is 8.40. The number of methoxy groups -OCH3 is 1. The van der Waals surface area contributed by atoms with Crippen molar-refractivity contribution in [3.63, 3.8) is 0 Å². The number of aryl methyl sites for hydroxylation is 1. The SMILES string of the molecule is COc1ccc2c(C)c(C(=O)O)sc2c1. The molecule has 1 aromatic heterocycles. The summed E-state index contributed by atoms with van der Waals surface area (Å²) >= 11 is 1.28. The number of ether oxygens (including phenoxy) is 1. The highest BCUT2D eigenvalue weighted by Gasteiger charge is 2.14. The highest BCUT2D eigenvalue weighted by Crippen LogP contribution is 2.33. The molecule has 2 rings (SSSR count). The van der Waals surface area contributed by atoms with Gasteiger partial charge < -0.3 is 9.84 Å². The van der Waals surface area contributed by atoms with Gasteiger partial charge in [-0.05, 0) is 36.1 Å². The molecule has 78 valence electrons. The molecule has 0 bridgehead atoms. The van der Waals surface area contributed by atoms with Gasteiger partial charge in [0.25, 0.3) is 0 Å². The Morgan fingerprint density at radius 1 is 1.47 bits per heavy atom. The van der Waals surface area contributed by atoms with E-state index in [2.05, 4.69) is 0 Å². The monoisotopic (exact) mass is 222 g/mol. The number of rotatable bonds is 2. The van der Waals surface area contributed by atoms with Crippen molar-refractivity contribution in [2.75, 3.05) is 7.11 Å². The summed E-state index contributed by atoms with van der Waals surface area (Å²) in [7, 11) is 1.60. The molecule has 0 aliphatic heterocycles. The Balaban J connectivity index is 2.70. The maximum atomic E-state index is 10.9. The molecule has 0 amide bonds. The lowest BCUT2D eigenvalue weighted by Crippen LogP contribution is -1.93. The van der Waals surface area contributed by atoms with E-state index in [0.29, 0.717) is 4.88 Å². The largest absolute Gasteiger partial charge is 0.497 e. The first-order valence-corrected chi connectivity index (χ1v) is 5.25.